The van der Waals surface area contributed by atoms with Crippen molar-refractivity contribution >= 4 is 5.91 Å². The van der Waals surface area contributed by atoms with Gasteiger partial charge in [-0.3, -0.25) is 4.79 Å². The van der Waals surface area contributed by atoms with Crippen LogP contribution in [0, 0.1) is 0 Å². The third-order valence-electron chi connectivity index (χ3n) is 4.37. The van der Waals surface area contributed by atoms with Gasteiger partial charge in [-0.2, -0.15) is 0 Å². The van der Waals surface area contributed by atoms with Crippen molar-refractivity contribution in [1.82, 2.24) is 15.5 Å². The summed E-state index contributed by atoms with van der Waals surface area (Å²) in [6.45, 7) is 5.84. The number of aromatic nitrogens is 2. The number of ether oxygens (including phenoxy) is 3. The van der Waals surface area contributed by atoms with Gasteiger partial charge in [0, 0.05) is 11.6 Å². The molecule has 1 amide bonds. The summed E-state index contributed by atoms with van der Waals surface area (Å²) < 4.78 is 16.4. The molecule has 0 unspecified atom stereocenters. The van der Waals surface area contributed by atoms with Crippen molar-refractivity contribution in [1.29, 1.82) is 0 Å². The van der Waals surface area contributed by atoms with Gasteiger partial charge in [0.1, 0.15) is 18.1 Å². The Bertz CT molecular complexity index is 942. The Morgan fingerprint density at radius 3 is 2.03 bits per heavy atom. The second-order valence-electron chi connectivity index (χ2n) is 6.67. The van der Waals surface area contributed by atoms with Crippen molar-refractivity contribution in [2.24, 2.45) is 0 Å². The van der Waals surface area contributed by atoms with Gasteiger partial charge < -0.3 is 19.5 Å². The summed E-state index contributed by atoms with van der Waals surface area (Å²) in [7, 11) is 0. The van der Waals surface area contributed by atoms with Crippen molar-refractivity contribution in [3.8, 4) is 28.6 Å². The van der Waals surface area contributed by atoms with Crippen LogP contribution in [0.4, 0.5) is 0 Å². The molecule has 7 heteroatoms. The number of benzene rings is 2. The van der Waals surface area contributed by atoms with E-state index in [-0.39, 0.29) is 5.91 Å². The second kappa shape index (κ2) is 11.5. The first-order chi connectivity index (χ1) is 15.2. The first-order valence-electron chi connectivity index (χ1n) is 10.4. The molecule has 3 aromatic rings. The van der Waals surface area contributed by atoms with Crippen LogP contribution in [0.15, 0.2) is 60.7 Å². The number of carbonyl (C=O) groups excluding carboxylic acids is 1. The molecule has 0 bridgehead atoms. The summed E-state index contributed by atoms with van der Waals surface area (Å²) in [5.41, 5.74) is 2.63. The molecule has 162 valence electrons. The number of hydrogen-bond acceptors (Lipinski definition) is 6. The van der Waals surface area contributed by atoms with Gasteiger partial charge in [-0.15, -0.1) is 10.2 Å². The average Bonchev–Trinajstić information content (AvgIpc) is 2.79. The molecule has 0 saturated heterocycles. The van der Waals surface area contributed by atoms with Crippen molar-refractivity contribution in [3.63, 3.8) is 0 Å². The van der Waals surface area contributed by atoms with Gasteiger partial charge in [0.2, 0.25) is 11.8 Å². The topological polar surface area (TPSA) is 82.6 Å². The lowest BCUT2D eigenvalue weighted by atomic mass is 10.1. The lowest BCUT2D eigenvalue weighted by Crippen LogP contribution is -2.29. The Morgan fingerprint density at radius 1 is 0.806 bits per heavy atom. The molecule has 1 N–H and O–H groups in total. The number of nitrogens with zero attached hydrogens (tertiary/aromatic N) is 2. The zero-order valence-electron chi connectivity index (χ0n) is 17.8. The van der Waals surface area contributed by atoms with E-state index in [2.05, 4.69) is 15.5 Å². The number of amides is 1. The van der Waals surface area contributed by atoms with Crippen molar-refractivity contribution in [2.45, 2.75) is 20.3 Å². The Kier molecular flexibility index (Phi) is 8.22. The maximum Gasteiger partial charge on any atom is 0.233 e. The Balaban J connectivity index is 1.39. The molecule has 3 rings (SSSR count). The van der Waals surface area contributed by atoms with Crippen LogP contribution in [0.2, 0.25) is 0 Å². The van der Waals surface area contributed by atoms with Crippen LogP contribution in [0.1, 0.15) is 19.4 Å². The largest absolute Gasteiger partial charge is 0.494 e. The van der Waals surface area contributed by atoms with Gasteiger partial charge in [-0.05, 0) is 61.9 Å². The summed E-state index contributed by atoms with van der Waals surface area (Å²) >= 11 is 0. The molecule has 31 heavy (non-hydrogen) atoms. The van der Waals surface area contributed by atoms with E-state index in [1.54, 1.807) is 6.07 Å². The molecule has 0 aliphatic rings. The Hall–Kier alpha value is -3.61. The SMILES string of the molecule is CCOc1ccc(CC(=O)NCCOc2ccc(-c3ccc(OCC)cc3)nn2)cc1. The van der Waals surface area contributed by atoms with Crippen molar-refractivity contribution < 1.29 is 19.0 Å². The van der Waals surface area contributed by atoms with E-state index in [1.807, 2.05) is 68.4 Å². The molecule has 1 aromatic heterocycles. The van der Waals surface area contributed by atoms with Gasteiger partial charge in [0.05, 0.1) is 31.9 Å². The van der Waals surface area contributed by atoms with E-state index in [0.29, 0.717) is 38.7 Å². The predicted molar refractivity (Wildman–Crippen MR) is 118 cm³/mol. The smallest absolute Gasteiger partial charge is 0.233 e. The lowest BCUT2D eigenvalue weighted by Gasteiger charge is -2.08. The Labute approximate surface area is 182 Å². The average molecular weight is 421 g/mol. The molecule has 0 atom stereocenters. The highest BCUT2D eigenvalue weighted by atomic mass is 16.5. The fourth-order valence-electron chi connectivity index (χ4n) is 2.90. The van der Waals surface area contributed by atoms with Crippen LogP contribution in [0.3, 0.4) is 0 Å². The molecule has 0 spiro atoms. The quantitative estimate of drug-likeness (QED) is 0.476. The van der Waals surface area contributed by atoms with Crippen LogP contribution in [-0.2, 0) is 11.2 Å². The molecule has 0 aliphatic heterocycles. The maximum atomic E-state index is 12.1. The summed E-state index contributed by atoms with van der Waals surface area (Å²) in [6, 6.07) is 18.8. The zero-order chi connectivity index (χ0) is 21.9. The fraction of sp³-hybridized carbons (Fsp3) is 0.292. The van der Waals surface area contributed by atoms with Crippen LogP contribution in [-0.4, -0.2) is 42.5 Å². The molecule has 7 nitrogen and oxygen atoms in total. The normalized spacial score (nSPS) is 10.4. The van der Waals surface area contributed by atoms with E-state index >= 15 is 0 Å². The van der Waals surface area contributed by atoms with E-state index in [0.717, 1.165) is 28.3 Å². The van der Waals surface area contributed by atoms with Gasteiger partial charge in [0.15, 0.2) is 0 Å². The standard InChI is InChI=1S/C24H27N3O4/c1-3-29-20-9-5-18(6-10-20)17-23(28)25-15-16-31-24-14-13-22(26-27-24)19-7-11-21(12-8-19)30-4-2/h5-14H,3-4,15-17H2,1-2H3,(H,25,28). The van der Waals surface area contributed by atoms with E-state index in [1.165, 1.54) is 0 Å². The third-order valence-corrected chi connectivity index (χ3v) is 4.37. The van der Waals surface area contributed by atoms with Gasteiger partial charge in [0.25, 0.3) is 0 Å². The lowest BCUT2D eigenvalue weighted by molar-refractivity contribution is -0.120. The van der Waals surface area contributed by atoms with Crippen LogP contribution in [0.5, 0.6) is 17.4 Å². The van der Waals surface area contributed by atoms with Crippen LogP contribution < -0.4 is 19.5 Å². The molecule has 2 aromatic carbocycles. The van der Waals surface area contributed by atoms with E-state index in [4.69, 9.17) is 14.2 Å². The third kappa shape index (κ3) is 6.99. The molecule has 0 fully saturated rings. The molecular weight excluding hydrogens is 394 g/mol. The molecule has 0 saturated carbocycles. The highest BCUT2D eigenvalue weighted by Gasteiger charge is 2.05. The van der Waals surface area contributed by atoms with E-state index in [9.17, 15) is 4.79 Å². The monoisotopic (exact) mass is 421 g/mol. The second-order valence-corrected chi connectivity index (χ2v) is 6.67. The summed E-state index contributed by atoms with van der Waals surface area (Å²) in [5, 5.41) is 11.1. The zero-order valence-corrected chi connectivity index (χ0v) is 17.8. The molecule has 1 heterocycles. The highest BCUT2D eigenvalue weighted by Crippen LogP contribution is 2.21. The maximum absolute atomic E-state index is 12.1. The predicted octanol–water partition coefficient (Wildman–Crippen LogP) is 3.68. The highest BCUT2D eigenvalue weighted by molar-refractivity contribution is 5.78. The first kappa shape index (κ1) is 22.1. The van der Waals surface area contributed by atoms with Gasteiger partial charge in [-0.25, -0.2) is 0 Å². The molecule has 0 aliphatic carbocycles. The minimum absolute atomic E-state index is 0.0651. The van der Waals surface area contributed by atoms with Crippen molar-refractivity contribution in [2.75, 3.05) is 26.4 Å². The minimum Gasteiger partial charge on any atom is -0.494 e. The summed E-state index contributed by atoms with van der Waals surface area (Å²) in [4.78, 5) is 12.1. The first-order valence-corrected chi connectivity index (χ1v) is 10.4. The summed E-state index contributed by atoms with van der Waals surface area (Å²) in [5.74, 6) is 1.97. The van der Waals surface area contributed by atoms with Crippen molar-refractivity contribution in [3.05, 3.63) is 66.2 Å². The molecule has 0 radical (unpaired) electrons. The minimum atomic E-state index is -0.0651. The number of nitrogens with one attached hydrogen (secondary N) is 1. The van der Waals surface area contributed by atoms with Gasteiger partial charge in [-0.1, -0.05) is 12.1 Å². The number of carbonyl (C=O) groups is 1. The van der Waals surface area contributed by atoms with E-state index < -0.39 is 0 Å². The van der Waals surface area contributed by atoms with Gasteiger partial charge >= 0.3 is 0 Å². The summed E-state index contributed by atoms with van der Waals surface area (Å²) in [6.07, 6.45) is 0.309. The Morgan fingerprint density at radius 2 is 1.45 bits per heavy atom. The van der Waals surface area contributed by atoms with Crippen LogP contribution >= 0.6 is 0 Å². The van der Waals surface area contributed by atoms with Crippen LogP contribution in [0.25, 0.3) is 11.3 Å². The fourth-order valence-corrected chi connectivity index (χ4v) is 2.90. The number of rotatable bonds is 11. The molecular formula is C24H27N3O4. The number of hydrogen-bond donors (Lipinski definition) is 1.